The molecule has 2 aromatic heterocycles. The van der Waals surface area contributed by atoms with E-state index in [4.69, 9.17) is 5.26 Å². The molecule has 0 aliphatic rings. The average Bonchev–Trinajstić information content (AvgIpc) is 2.59. The zero-order valence-corrected chi connectivity index (χ0v) is 9.19. The van der Waals surface area contributed by atoms with Gasteiger partial charge in [-0.1, -0.05) is 0 Å². The molecule has 2 aromatic rings. The topological polar surface area (TPSA) is 41.1 Å². The van der Waals surface area contributed by atoms with E-state index in [2.05, 4.69) is 27.0 Å². The Bertz CT molecular complexity index is 510. The van der Waals surface area contributed by atoms with Crippen molar-refractivity contribution in [1.82, 2.24) is 9.38 Å². The summed E-state index contributed by atoms with van der Waals surface area (Å²) in [6, 6.07) is 6.05. The zero-order valence-electron chi connectivity index (χ0n) is 7.61. The summed E-state index contributed by atoms with van der Waals surface area (Å²) in [6.45, 7) is 1.87. The van der Waals surface area contributed by atoms with E-state index in [-0.39, 0.29) is 5.92 Å². The molecule has 1 atom stereocenters. The maximum atomic E-state index is 8.83. The maximum absolute atomic E-state index is 8.83. The van der Waals surface area contributed by atoms with Crippen LogP contribution in [0.2, 0.25) is 0 Å². The van der Waals surface area contributed by atoms with Crippen LogP contribution in [-0.4, -0.2) is 9.38 Å². The van der Waals surface area contributed by atoms with Crippen molar-refractivity contribution in [3.8, 4) is 6.07 Å². The van der Waals surface area contributed by atoms with Crippen molar-refractivity contribution in [1.29, 1.82) is 5.26 Å². The molecule has 2 rings (SSSR count). The van der Waals surface area contributed by atoms with E-state index < -0.39 is 0 Å². The summed E-state index contributed by atoms with van der Waals surface area (Å²) >= 11 is 3.39. The number of hydrogen-bond donors (Lipinski definition) is 0. The molecule has 1 unspecified atom stereocenters. The summed E-state index contributed by atoms with van der Waals surface area (Å²) in [5, 5.41) is 8.83. The van der Waals surface area contributed by atoms with E-state index in [0.29, 0.717) is 0 Å². The summed E-state index contributed by atoms with van der Waals surface area (Å²) < 4.78 is 2.91. The van der Waals surface area contributed by atoms with Crippen molar-refractivity contribution in [3.05, 3.63) is 34.7 Å². The largest absolute Gasteiger partial charge is 0.302 e. The second-order valence-corrected chi connectivity index (χ2v) is 4.03. The van der Waals surface area contributed by atoms with Gasteiger partial charge in [0.1, 0.15) is 5.65 Å². The van der Waals surface area contributed by atoms with E-state index in [1.165, 1.54) is 0 Å². The van der Waals surface area contributed by atoms with Crippen molar-refractivity contribution in [2.45, 2.75) is 12.8 Å². The number of hydrogen-bond acceptors (Lipinski definition) is 2. The number of nitriles is 1. The highest BCUT2D eigenvalue weighted by molar-refractivity contribution is 9.10. The third kappa shape index (κ3) is 1.40. The molecule has 0 spiro atoms. The van der Waals surface area contributed by atoms with Crippen LogP contribution in [-0.2, 0) is 0 Å². The molecule has 0 bridgehead atoms. The molecular weight excluding hydrogens is 242 g/mol. The van der Waals surface area contributed by atoms with Crippen LogP contribution in [0.5, 0.6) is 0 Å². The number of halogens is 1. The Morgan fingerprint density at radius 1 is 1.57 bits per heavy atom. The lowest BCUT2D eigenvalue weighted by Gasteiger charge is -2.02. The van der Waals surface area contributed by atoms with Crippen LogP contribution >= 0.6 is 15.9 Å². The Kier molecular flexibility index (Phi) is 2.26. The first-order valence-electron chi connectivity index (χ1n) is 4.24. The molecule has 0 fully saturated rings. The normalized spacial score (nSPS) is 12.6. The average molecular weight is 250 g/mol. The van der Waals surface area contributed by atoms with Crippen molar-refractivity contribution in [2.24, 2.45) is 0 Å². The van der Waals surface area contributed by atoms with Gasteiger partial charge in [0, 0.05) is 10.7 Å². The van der Waals surface area contributed by atoms with Gasteiger partial charge in [-0.05, 0) is 35.0 Å². The maximum Gasteiger partial charge on any atom is 0.136 e. The monoisotopic (exact) mass is 249 g/mol. The summed E-state index contributed by atoms with van der Waals surface area (Å²) in [7, 11) is 0. The van der Waals surface area contributed by atoms with Gasteiger partial charge < -0.3 is 4.40 Å². The SMILES string of the molecule is CC(C#N)c1cnc2ccc(Br)cn12. The van der Waals surface area contributed by atoms with Gasteiger partial charge in [0.2, 0.25) is 0 Å². The molecule has 0 aliphatic carbocycles. The lowest BCUT2D eigenvalue weighted by molar-refractivity contribution is 0.896. The predicted octanol–water partition coefficient (Wildman–Crippen LogP) is 2.72. The lowest BCUT2D eigenvalue weighted by Crippen LogP contribution is -1.95. The quantitative estimate of drug-likeness (QED) is 0.780. The molecule has 70 valence electrons. The van der Waals surface area contributed by atoms with Gasteiger partial charge in [0.15, 0.2) is 0 Å². The highest BCUT2D eigenvalue weighted by Gasteiger charge is 2.09. The Balaban J connectivity index is 2.68. The third-order valence-electron chi connectivity index (χ3n) is 2.14. The van der Waals surface area contributed by atoms with Gasteiger partial charge in [-0.3, -0.25) is 0 Å². The van der Waals surface area contributed by atoms with Crippen LogP contribution in [0.15, 0.2) is 29.0 Å². The number of rotatable bonds is 1. The van der Waals surface area contributed by atoms with Crippen LogP contribution in [0.25, 0.3) is 5.65 Å². The van der Waals surface area contributed by atoms with Gasteiger partial charge in [-0.15, -0.1) is 0 Å². The molecule has 0 aliphatic heterocycles. The van der Waals surface area contributed by atoms with Crippen LogP contribution in [0.1, 0.15) is 18.5 Å². The Hall–Kier alpha value is -1.34. The molecule has 0 saturated heterocycles. The summed E-state index contributed by atoms with van der Waals surface area (Å²) in [4.78, 5) is 4.22. The van der Waals surface area contributed by atoms with Crippen LogP contribution < -0.4 is 0 Å². The molecule has 0 amide bonds. The first kappa shape index (κ1) is 9.22. The molecule has 4 heteroatoms. The van der Waals surface area contributed by atoms with Crippen LogP contribution in [0.3, 0.4) is 0 Å². The second kappa shape index (κ2) is 3.43. The fourth-order valence-electron chi connectivity index (χ4n) is 1.36. The van der Waals surface area contributed by atoms with Gasteiger partial charge >= 0.3 is 0 Å². The van der Waals surface area contributed by atoms with Gasteiger partial charge in [0.05, 0.1) is 23.9 Å². The van der Waals surface area contributed by atoms with Crippen LogP contribution in [0.4, 0.5) is 0 Å². The molecule has 0 aromatic carbocycles. The first-order chi connectivity index (χ1) is 6.72. The molecule has 14 heavy (non-hydrogen) atoms. The number of pyridine rings is 1. The molecule has 2 heterocycles. The summed E-state index contributed by atoms with van der Waals surface area (Å²) in [6.07, 6.45) is 3.67. The molecule has 0 radical (unpaired) electrons. The minimum Gasteiger partial charge on any atom is -0.302 e. The lowest BCUT2D eigenvalue weighted by atomic mass is 10.1. The number of fused-ring (bicyclic) bond motifs is 1. The van der Waals surface area contributed by atoms with Crippen molar-refractivity contribution in [3.63, 3.8) is 0 Å². The van der Waals surface area contributed by atoms with E-state index in [1.54, 1.807) is 6.20 Å². The minimum absolute atomic E-state index is 0.140. The molecule has 0 N–H and O–H groups in total. The zero-order chi connectivity index (χ0) is 10.1. The standard InChI is InChI=1S/C10H8BrN3/c1-7(4-12)9-5-13-10-3-2-8(11)6-14(9)10/h2-3,5-7H,1H3. The molecular formula is C10H8BrN3. The van der Waals surface area contributed by atoms with Crippen molar-refractivity contribution < 1.29 is 0 Å². The highest BCUT2D eigenvalue weighted by atomic mass is 79.9. The van der Waals surface area contributed by atoms with E-state index in [9.17, 15) is 0 Å². The predicted molar refractivity (Wildman–Crippen MR) is 56.9 cm³/mol. The fraction of sp³-hybridized carbons (Fsp3) is 0.200. The minimum atomic E-state index is -0.140. The van der Waals surface area contributed by atoms with E-state index >= 15 is 0 Å². The summed E-state index contributed by atoms with van der Waals surface area (Å²) in [5.74, 6) is -0.140. The Morgan fingerprint density at radius 2 is 2.36 bits per heavy atom. The van der Waals surface area contributed by atoms with Gasteiger partial charge in [-0.25, -0.2) is 4.98 Å². The summed E-state index contributed by atoms with van der Waals surface area (Å²) in [5.41, 5.74) is 1.79. The number of nitrogens with zero attached hydrogens (tertiary/aromatic N) is 3. The molecule has 3 nitrogen and oxygen atoms in total. The third-order valence-corrected chi connectivity index (χ3v) is 2.60. The van der Waals surface area contributed by atoms with Crippen molar-refractivity contribution >= 4 is 21.6 Å². The number of aromatic nitrogens is 2. The fourth-order valence-corrected chi connectivity index (χ4v) is 1.70. The van der Waals surface area contributed by atoms with Gasteiger partial charge in [0.25, 0.3) is 0 Å². The first-order valence-corrected chi connectivity index (χ1v) is 5.04. The Labute approximate surface area is 90.1 Å². The van der Waals surface area contributed by atoms with Gasteiger partial charge in [-0.2, -0.15) is 5.26 Å². The smallest absolute Gasteiger partial charge is 0.136 e. The molecule has 0 saturated carbocycles. The van der Waals surface area contributed by atoms with Crippen LogP contribution in [0, 0.1) is 11.3 Å². The number of imidazole rings is 1. The Morgan fingerprint density at radius 3 is 3.07 bits per heavy atom. The van der Waals surface area contributed by atoms with E-state index in [0.717, 1.165) is 15.8 Å². The van der Waals surface area contributed by atoms with E-state index in [1.807, 2.05) is 29.7 Å². The second-order valence-electron chi connectivity index (χ2n) is 3.11. The van der Waals surface area contributed by atoms with Crippen molar-refractivity contribution in [2.75, 3.05) is 0 Å². The highest BCUT2D eigenvalue weighted by Crippen LogP contribution is 2.18.